The molecule has 0 amide bonds. The van der Waals surface area contributed by atoms with Gasteiger partial charge in [-0.05, 0) is 48.3 Å². The molecule has 1 N–H and O–H groups in total. The van der Waals surface area contributed by atoms with Crippen molar-refractivity contribution in [1.29, 1.82) is 0 Å². The van der Waals surface area contributed by atoms with Crippen molar-refractivity contribution < 1.29 is 8.42 Å². The molecule has 0 aromatic heterocycles. The molecule has 1 aliphatic heterocycles. The van der Waals surface area contributed by atoms with Gasteiger partial charge in [0.05, 0.1) is 11.5 Å². The average molecular weight is 307 g/mol. The molecule has 2 aliphatic rings. The molecule has 21 heavy (non-hydrogen) atoms. The lowest BCUT2D eigenvalue weighted by Crippen LogP contribution is -2.40. The summed E-state index contributed by atoms with van der Waals surface area (Å²) in [7, 11) is -2.78. The van der Waals surface area contributed by atoms with Gasteiger partial charge < -0.3 is 5.32 Å². The van der Waals surface area contributed by atoms with E-state index in [-0.39, 0.29) is 11.3 Å². The number of rotatable bonds is 3. The summed E-state index contributed by atoms with van der Waals surface area (Å²) in [5, 5.41) is 3.68. The molecule has 3 rings (SSSR count). The van der Waals surface area contributed by atoms with Crippen LogP contribution in [0.2, 0.25) is 0 Å². The Morgan fingerprint density at radius 3 is 2.76 bits per heavy atom. The van der Waals surface area contributed by atoms with Gasteiger partial charge in [-0.2, -0.15) is 0 Å². The van der Waals surface area contributed by atoms with Crippen LogP contribution in [0.25, 0.3) is 0 Å². The highest BCUT2D eigenvalue weighted by molar-refractivity contribution is 7.91. The third-order valence-electron chi connectivity index (χ3n) is 5.12. The van der Waals surface area contributed by atoms with E-state index in [1.165, 1.54) is 17.5 Å². The first-order valence-electron chi connectivity index (χ1n) is 7.89. The van der Waals surface area contributed by atoms with Crippen molar-refractivity contribution in [3.8, 4) is 0 Å². The lowest BCUT2D eigenvalue weighted by Gasteiger charge is -2.41. The maximum Gasteiger partial charge on any atom is 0.150 e. The van der Waals surface area contributed by atoms with Gasteiger partial charge in [0, 0.05) is 6.04 Å². The van der Waals surface area contributed by atoms with Crippen molar-refractivity contribution in [2.24, 2.45) is 11.3 Å². The lowest BCUT2D eigenvalue weighted by atomic mass is 9.70. The number of sulfone groups is 1. The minimum absolute atomic E-state index is 0.214. The second-order valence-electron chi connectivity index (χ2n) is 7.30. The summed E-state index contributed by atoms with van der Waals surface area (Å²) in [6, 6.07) is 8.98. The molecule has 4 heteroatoms. The third kappa shape index (κ3) is 3.16. The summed E-state index contributed by atoms with van der Waals surface area (Å²) in [6.07, 6.45) is 3.12. The topological polar surface area (TPSA) is 46.2 Å². The Kier molecular flexibility index (Phi) is 3.87. The first-order valence-corrected chi connectivity index (χ1v) is 9.71. The summed E-state index contributed by atoms with van der Waals surface area (Å²) in [6.45, 7) is 5.43. The highest BCUT2D eigenvalue weighted by Gasteiger charge is 2.36. The van der Waals surface area contributed by atoms with Crippen molar-refractivity contribution in [3.05, 3.63) is 35.4 Å². The molecule has 1 saturated heterocycles. The number of hydrogen-bond donors (Lipinski definition) is 1. The normalized spacial score (nSPS) is 30.0. The fourth-order valence-electron chi connectivity index (χ4n) is 3.77. The fourth-order valence-corrected chi connectivity index (χ4v) is 5.63. The predicted octanol–water partition coefficient (Wildman–Crippen LogP) is 2.72. The Morgan fingerprint density at radius 1 is 1.29 bits per heavy atom. The van der Waals surface area contributed by atoms with Gasteiger partial charge in [0.25, 0.3) is 0 Å². The standard InChI is InChI=1S/C17H25NO2S/c1-17(2)9-7-14-5-3-4-6-15(14)16(17)18-11-13-8-10-21(19,20)12-13/h3-6,13,16,18H,7-12H2,1-2H3. The van der Waals surface area contributed by atoms with Gasteiger partial charge in [-0.25, -0.2) is 8.42 Å². The Morgan fingerprint density at radius 2 is 2.05 bits per heavy atom. The minimum Gasteiger partial charge on any atom is -0.309 e. The Balaban J connectivity index is 1.74. The fraction of sp³-hybridized carbons (Fsp3) is 0.647. The van der Waals surface area contributed by atoms with E-state index < -0.39 is 9.84 Å². The first-order chi connectivity index (χ1) is 9.87. The summed E-state index contributed by atoms with van der Waals surface area (Å²) in [4.78, 5) is 0. The van der Waals surface area contributed by atoms with E-state index in [1.54, 1.807) is 0 Å². The zero-order chi connectivity index (χ0) is 15.1. The molecule has 3 nitrogen and oxygen atoms in total. The first kappa shape index (κ1) is 15.0. The van der Waals surface area contributed by atoms with Gasteiger partial charge in [-0.15, -0.1) is 0 Å². The van der Waals surface area contributed by atoms with Crippen LogP contribution in [0.4, 0.5) is 0 Å². The maximum absolute atomic E-state index is 11.6. The predicted molar refractivity (Wildman–Crippen MR) is 86.0 cm³/mol. The van der Waals surface area contributed by atoms with Crippen molar-refractivity contribution >= 4 is 9.84 Å². The van der Waals surface area contributed by atoms with E-state index in [1.807, 2.05) is 0 Å². The van der Waals surface area contributed by atoms with Crippen LogP contribution in [-0.4, -0.2) is 26.5 Å². The second kappa shape index (κ2) is 5.40. The van der Waals surface area contributed by atoms with Crippen LogP contribution in [0.3, 0.4) is 0 Å². The number of nitrogens with one attached hydrogen (secondary N) is 1. The van der Waals surface area contributed by atoms with Crippen molar-refractivity contribution in [2.45, 2.75) is 39.2 Å². The van der Waals surface area contributed by atoms with E-state index >= 15 is 0 Å². The molecular weight excluding hydrogens is 282 g/mol. The number of aryl methyl sites for hydroxylation is 1. The smallest absolute Gasteiger partial charge is 0.150 e. The lowest BCUT2D eigenvalue weighted by molar-refractivity contribution is 0.203. The summed E-state index contributed by atoms with van der Waals surface area (Å²) >= 11 is 0. The molecule has 116 valence electrons. The molecule has 1 fully saturated rings. The molecule has 0 radical (unpaired) electrons. The number of benzene rings is 1. The Bertz CT molecular complexity index is 621. The van der Waals surface area contributed by atoms with Crippen LogP contribution >= 0.6 is 0 Å². The van der Waals surface area contributed by atoms with Crippen LogP contribution in [0.1, 0.15) is 43.9 Å². The molecule has 1 heterocycles. The van der Waals surface area contributed by atoms with Gasteiger partial charge in [-0.1, -0.05) is 38.1 Å². The zero-order valence-corrected chi connectivity index (χ0v) is 13.7. The van der Waals surface area contributed by atoms with Gasteiger partial charge in [0.1, 0.15) is 0 Å². The zero-order valence-electron chi connectivity index (χ0n) is 12.9. The molecule has 1 aromatic carbocycles. The SMILES string of the molecule is CC1(C)CCc2ccccc2C1NCC1CCS(=O)(=O)C1. The highest BCUT2D eigenvalue weighted by Crippen LogP contribution is 2.43. The van der Waals surface area contributed by atoms with Crippen LogP contribution < -0.4 is 5.32 Å². The third-order valence-corrected chi connectivity index (χ3v) is 6.96. The summed E-state index contributed by atoms with van der Waals surface area (Å²) in [5.74, 6) is 0.999. The van der Waals surface area contributed by atoms with Crippen molar-refractivity contribution in [1.82, 2.24) is 5.32 Å². The van der Waals surface area contributed by atoms with E-state index in [0.29, 0.717) is 17.5 Å². The molecule has 0 bridgehead atoms. The van der Waals surface area contributed by atoms with E-state index in [4.69, 9.17) is 0 Å². The average Bonchev–Trinajstić information content (AvgIpc) is 2.77. The summed E-state index contributed by atoms with van der Waals surface area (Å²) < 4.78 is 23.2. The van der Waals surface area contributed by atoms with Crippen LogP contribution in [0, 0.1) is 11.3 Å². The highest BCUT2D eigenvalue weighted by atomic mass is 32.2. The Hall–Kier alpha value is -0.870. The Labute approximate surface area is 128 Å². The van der Waals surface area contributed by atoms with Crippen LogP contribution in [-0.2, 0) is 16.3 Å². The summed E-state index contributed by atoms with van der Waals surface area (Å²) in [5.41, 5.74) is 3.05. The van der Waals surface area contributed by atoms with Crippen molar-refractivity contribution in [2.75, 3.05) is 18.1 Å². The number of fused-ring (bicyclic) bond motifs is 1. The number of hydrogen-bond acceptors (Lipinski definition) is 3. The molecule has 1 aromatic rings. The molecule has 1 aliphatic carbocycles. The maximum atomic E-state index is 11.6. The molecule has 2 unspecified atom stereocenters. The van der Waals surface area contributed by atoms with Crippen molar-refractivity contribution in [3.63, 3.8) is 0 Å². The molecule has 0 saturated carbocycles. The van der Waals surface area contributed by atoms with Gasteiger partial charge in [0.2, 0.25) is 0 Å². The molecule has 2 atom stereocenters. The minimum atomic E-state index is -2.78. The van der Waals surface area contributed by atoms with E-state index in [0.717, 1.165) is 19.4 Å². The van der Waals surface area contributed by atoms with E-state index in [9.17, 15) is 8.42 Å². The molecule has 0 spiro atoms. The quantitative estimate of drug-likeness (QED) is 0.934. The largest absolute Gasteiger partial charge is 0.309 e. The van der Waals surface area contributed by atoms with E-state index in [2.05, 4.69) is 43.4 Å². The van der Waals surface area contributed by atoms with Gasteiger partial charge in [0.15, 0.2) is 9.84 Å². The van der Waals surface area contributed by atoms with Crippen LogP contribution in [0.5, 0.6) is 0 Å². The molecular formula is C17H25NO2S. The van der Waals surface area contributed by atoms with Gasteiger partial charge >= 0.3 is 0 Å². The van der Waals surface area contributed by atoms with Gasteiger partial charge in [-0.3, -0.25) is 0 Å². The monoisotopic (exact) mass is 307 g/mol. The van der Waals surface area contributed by atoms with Crippen LogP contribution in [0.15, 0.2) is 24.3 Å². The second-order valence-corrected chi connectivity index (χ2v) is 9.53.